The number of aryl methyl sites for hydroxylation is 1. The van der Waals surface area contributed by atoms with E-state index >= 15 is 0 Å². The number of aromatic amines is 1. The topological polar surface area (TPSA) is 94.3 Å². The van der Waals surface area contributed by atoms with Gasteiger partial charge >= 0.3 is 0 Å². The molecule has 3 aromatic carbocycles. The summed E-state index contributed by atoms with van der Waals surface area (Å²) >= 11 is 0. The maximum absolute atomic E-state index is 13.4. The number of H-pyrrole nitrogens is 1. The Morgan fingerprint density at radius 3 is 2.56 bits per heavy atom. The number of hydrogen-bond donors (Lipinski definition) is 1. The molecule has 0 bridgehead atoms. The van der Waals surface area contributed by atoms with Crippen LogP contribution in [0.5, 0.6) is 0 Å². The predicted molar refractivity (Wildman–Crippen MR) is 140 cm³/mol. The first-order valence-electron chi connectivity index (χ1n) is 12.1. The molecule has 36 heavy (non-hydrogen) atoms. The summed E-state index contributed by atoms with van der Waals surface area (Å²) in [5, 5.41) is 16.4. The average Bonchev–Trinajstić information content (AvgIpc) is 3.58. The highest BCUT2D eigenvalue weighted by Gasteiger charge is 2.16. The first-order valence-corrected chi connectivity index (χ1v) is 12.1. The normalized spacial score (nSPS) is 11.5. The van der Waals surface area contributed by atoms with E-state index in [2.05, 4.69) is 74.6 Å². The first kappa shape index (κ1) is 21.9. The van der Waals surface area contributed by atoms with Crippen molar-refractivity contribution in [2.24, 2.45) is 0 Å². The van der Waals surface area contributed by atoms with Crippen LogP contribution in [0.25, 0.3) is 39.0 Å². The lowest BCUT2D eigenvalue weighted by Gasteiger charge is -2.15. The van der Waals surface area contributed by atoms with Crippen molar-refractivity contribution in [2.75, 3.05) is 0 Å². The smallest absolute Gasteiger partial charge is 0.261 e. The van der Waals surface area contributed by atoms with Crippen LogP contribution in [0.1, 0.15) is 31.2 Å². The summed E-state index contributed by atoms with van der Waals surface area (Å²) in [7, 11) is 0. The van der Waals surface area contributed by atoms with Crippen LogP contribution in [0, 0.1) is 0 Å². The van der Waals surface area contributed by atoms with E-state index in [1.54, 1.807) is 0 Å². The molecule has 0 saturated heterocycles. The largest absolute Gasteiger partial charge is 0.306 e. The molecular weight excluding hydrogens is 450 g/mol. The molecule has 0 radical (unpaired) electrons. The summed E-state index contributed by atoms with van der Waals surface area (Å²) in [5.74, 6) is 1.37. The third-order valence-corrected chi connectivity index (χ3v) is 6.52. The van der Waals surface area contributed by atoms with Crippen LogP contribution >= 0.6 is 0 Å². The van der Waals surface area contributed by atoms with Gasteiger partial charge in [0.05, 0.1) is 28.7 Å². The second-order valence-electron chi connectivity index (χ2n) is 8.87. The molecule has 0 spiro atoms. The molecule has 3 aromatic heterocycles. The Labute approximate surface area is 207 Å². The minimum Gasteiger partial charge on any atom is -0.306 e. The summed E-state index contributed by atoms with van der Waals surface area (Å²) in [5.41, 5.74) is 4.69. The van der Waals surface area contributed by atoms with Gasteiger partial charge in [-0.3, -0.25) is 9.36 Å². The Morgan fingerprint density at radius 2 is 1.75 bits per heavy atom. The number of unbranched alkanes of at least 4 members (excludes halogenated alkanes) is 1. The minimum absolute atomic E-state index is 0.00609. The van der Waals surface area contributed by atoms with Gasteiger partial charge < -0.3 is 4.57 Å². The van der Waals surface area contributed by atoms with E-state index in [0.717, 1.165) is 58.5 Å². The molecule has 8 nitrogen and oxygen atoms in total. The molecule has 3 heterocycles. The minimum atomic E-state index is 0.00609. The van der Waals surface area contributed by atoms with Crippen molar-refractivity contribution in [1.29, 1.82) is 0 Å². The number of para-hydroxylation sites is 2. The number of hydrogen-bond acceptors (Lipinski definition) is 5. The average molecular weight is 476 g/mol. The van der Waals surface area contributed by atoms with Crippen molar-refractivity contribution >= 4 is 21.8 Å². The summed E-state index contributed by atoms with van der Waals surface area (Å²) in [4.78, 5) is 18.2. The van der Waals surface area contributed by atoms with Crippen LogP contribution in [0.2, 0.25) is 0 Å². The Bertz CT molecular complexity index is 1710. The molecule has 6 aromatic rings. The highest BCUT2D eigenvalue weighted by atomic mass is 16.1. The molecule has 0 aliphatic rings. The van der Waals surface area contributed by atoms with Crippen LogP contribution in [-0.4, -0.2) is 34.7 Å². The van der Waals surface area contributed by atoms with Crippen molar-refractivity contribution in [1.82, 2.24) is 34.7 Å². The lowest BCUT2D eigenvalue weighted by Crippen LogP contribution is -2.26. The van der Waals surface area contributed by atoms with Gasteiger partial charge in [-0.15, -0.1) is 10.2 Å². The molecule has 0 unspecified atom stereocenters. The van der Waals surface area contributed by atoms with Crippen LogP contribution in [-0.2, 0) is 13.0 Å². The van der Waals surface area contributed by atoms with Gasteiger partial charge in [-0.25, -0.2) is 4.98 Å². The Morgan fingerprint density at radius 1 is 0.944 bits per heavy atom. The van der Waals surface area contributed by atoms with E-state index in [4.69, 9.17) is 4.98 Å². The van der Waals surface area contributed by atoms with E-state index in [1.165, 1.54) is 0 Å². The molecular formula is C28H25N7O. The van der Waals surface area contributed by atoms with E-state index in [9.17, 15) is 4.79 Å². The Hall–Kier alpha value is -4.59. The fourth-order valence-electron chi connectivity index (χ4n) is 4.70. The van der Waals surface area contributed by atoms with Crippen LogP contribution < -0.4 is 5.56 Å². The molecule has 1 N–H and O–H groups in total. The molecule has 6 rings (SSSR count). The van der Waals surface area contributed by atoms with Crippen molar-refractivity contribution < 1.29 is 0 Å². The zero-order valence-corrected chi connectivity index (χ0v) is 19.9. The predicted octanol–water partition coefficient (Wildman–Crippen LogP) is 4.91. The summed E-state index contributed by atoms with van der Waals surface area (Å²) in [6.07, 6.45) is 2.81. The molecule has 0 aliphatic carbocycles. The third-order valence-electron chi connectivity index (χ3n) is 6.52. The van der Waals surface area contributed by atoms with Crippen molar-refractivity contribution in [3.63, 3.8) is 0 Å². The van der Waals surface area contributed by atoms with Gasteiger partial charge in [-0.05, 0) is 53.6 Å². The zero-order chi connectivity index (χ0) is 24.5. The Kier molecular flexibility index (Phi) is 5.61. The fraction of sp³-hybridized carbons (Fsp3) is 0.179. The van der Waals surface area contributed by atoms with Gasteiger partial charge in [0.15, 0.2) is 0 Å². The number of nitrogens with zero attached hydrogens (tertiary/aromatic N) is 6. The molecule has 8 heteroatoms. The number of nitrogens with one attached hydrogen (secondary N) is 1. The summed E-state index contributed by atoms with van der Waals surface area (Å²) < 4.78 is 3.95. The number of rotatable bonds is 7. The summed E-state index contributed by atoms with van der Waals surface area (Å²) in [6.45, 7) is 2.62. The fourth-order valence-corrected chi connectivity index (χ4v) is 4.70. The van der Waals surface area contributed by atoms with Crippen LogP contribution in [0.4, 0.5) is 0 Å². The highest BCUT2D eigenvalue weighted by Crippen LogP contribution is 2.29. The van der Waals surface area contributed by atoms with Gasteiger partial charge in [-0.1, -0.05) is 55.8 Å². The lowest BCUT2D eigenvalue weighted by atomic mass is 10.1. The van der Waals surface area contributed by atoms with E-state index in [-0.39, 0.29) is 5.56 Å². The van der Waals surface area contributed by atoms with Crippen LogP contribution in [0.15, 0.2) is 83.7 Å². The molecule has 0 saturated carbocycles. The van der Waals surface area contributed by atoms with Gasteiger partial charge in [0.2, 0.25) is 5.82 Å². The molecule has 178 valence electrons. The van der Waals surface area contributed by atoms with Crippen LogP contribution in [0.3, 0.4) is 0 Å². The monoisotopic (exact) mass is 475 g/mol. The second-order valence-corrected chi connectivity index (χ2v) is 8.87. The van der Waals surface area contributed by atoms with Gasteiger partial charge in [0.1, 0.15) is 5.82 Å². The lowest BCUT2D eigenvalue weighted by molar-refractivity contribution is 0.646. The molecule has 0 atom stereocenters. The van der Waals surface area contributed by atoms with Gasteiger partial charge in [0, 0.05) is 17.5 Å². The number of tetrazole rings is 1. The van der Waals surface area contributed by atoms with Crippen molar-refractivity contribution in [3.05, 3.63) is 101 Å². The Balaban J connectivity index is 1.40. The first-order chi connectivity index (χ1) is 17.7. The molecule has 0 fully saturated rings. The quantitative estimate of drug-likeness (QED) is 0.354. The molecule has 0 aliphatic heterocycles. The van der Waals surface area contributed by atoms with E-state index in [0.29, 0.717) is 17.8 Å². The maximum Gasteiger partial charge on any atom is 0.261 e. The van der Waals surface area contributed by atoms with E-state index in [1.807, 2.05) is 41.0 Å². The summed E-state index contributed by atoms with van der Waals surface area (Å²) in [6, 6.07) is 26.1. The SMILES string of the molecule is CCCCc1nc2ccccc2c(=O)n1Cc1ccc(-n2c(-c3nn[nH]n3)cc3ccccc32)cc1. The van der Waals surface area contributed by atoms with Crippen molar-refractivity contribution in [3.8, 4) is 17.2 Å². The van der Waals surface area contributed by atoms with Gasteiger partial charge in [0.25, 0.3) is 5.56 Å². The van der Waals surface area contributed by atoms with Gasteiger partial charge in [-0.2, -0.15) is 5.21 Å². The van der Waals surface area contributed by atoms with E-state index < -0.39 is 0 Å². The maximum atomic E-state index is 13.4. The highest BCUT2D eigenvalue weighted by molar-refractivity contribution is 5.88. The third kappa shape index (κ3) is 3.86. The number of fused-ring (bicyclic) bond motifs is 2. The molecule has 0 amide bonds. The number of benzene rings is 3. The van der Waals surface area contributed by atoms with Crippen molar-refractivity contribution in [2.45, 2.75) is 32.7 Å². The zero-order valence-electron chi connectivity index (χ0n) is 19.9. The standard InChI is InChI=1S/C28H25N7O/c1-2-3-12-26-29-23-10-6-5-9-22(23)28(36)34(26)18-19-13-15-21(16-14-19)35-24-11-7-4-8-20(24)17-25(35)27-30-32-33-31-27/h4-11,13-17H,2-3,12,18H2,1H3,(H,30,31,32,33). The second kappa shape index (κ2) is 9.22. The number of aromatic nitrogens is 7.